The molecule has 128 valence electrons. The van der Waals surface area contributed by atoms with Crippen LogP contribution in [0.1, 0.15) is 44.9 Å². The lowest BCUT2D eigenvalue weighted by Crippen LogP contribution is -2.47. The fraction of sp³-hybridized carbons (Fsp3) is 0.350. The maximum Gasteiger partial charge on any atom is 0.264 e. The average molecular weight is 346 g/mol. The van der Waals surface area contributed by atoms with Crippen molar-refractivity contribution in [1.29, 1.82) is 0 Å². The lowest BCUT2D eigenvalue weighted by Gasteiger charge is -2.27. The second-order valence-corrected chi connectivity index (χ2v) is 6.79. The van der Waals surface area contributed by atoms with E-state index in [0.717, 1.165) is 12.0 Å². The van der Waals surface area contributed by atoms with Gasteiger partial charge in [-0.3, -0.25) is 4.79 Å². The number of carbonyl (C=O) groups is 1. The third kappa shape index (κ3) is 4.75. The van der Waals surface area contributed by atoms with Crippen molar-refractivity contribution in [3.63, 3.8) is 0 Å². The van der Waals surface area contributed by atoms with Gasteiger partial charge in [0.15, 0.2) is 5.60 Å². The molecule has 0 aliphatic heterocycles. The highest BCUT2D eigenvalue weighted by Gasteiger charge is 2.31. The quantitative estimate of drug-likeness (QED) is 0.805. The number of ether oxygens (including phenoxy) is 1. The SMILES string of the molecule is CCc1ccc(C(C)NC(=O)C(C)(C)Oc2ccc(Cl)cc2)cc1. The van der Waals surface area contributed by atoms with Crippen LogP contribution in [-0.2, 0) is 11.2 Å². The van der Waals surface area contributed by atoms with Crippen LogP contribution >= 0.6 is 11.6 Å². The van der Waals surface area contributed by atoms with E-state index in [1.165, 1.54) is 5.56 Å². The largest absolute Gasteiger partial charge is 0.478 e. The van der Waals surface area contributed by atoms with E-state index in [1.807, 2.05) is 6.92 Å². The van der Waals surface area contributed by atoms with Gasteiger partial charge in [0, 0.05) is 5.02 Å². The summed E-state index contributed by atoms with van der Waals surface area (Å²) in [7, 11) is 0. The molecule has 0 aromatic heterocycles. The van der Waals surface area contributed by atoms with Crippen LogP contribution < -0.4 is 10.1 Å². The van der Waals surface area contributed by atoms with Crippen molar-refractivity contribution in [3.05, 3.63) is 64.7 Å². The second-order valence-electron chi connectivity index (χ2n) is 6.36. The van der Waals surface area contributed by atoms with Gasteiger partial charge >= 0.3 is 0 Å². The molecule has 0 saturated heterocycles. The molecule has 0 bridgehead atoms. The molecule has 0 fully saturated rings. The van der Waals surface area contributed by atoms with Crippen LogP contribution in [0.5, 0.6) is 5.75 Å². The van der Waals surface area contributed by atoms with Gasteiger partial charge in [0.25, 0.3) is 5.91 Å². The summed E-state index contributed by atoms with van der Waals surface area (Å²) >= 11 is 5.87. The van der Waals surface area contributed by atoms with Gasteiger partial charge in [-0.15, -0.1) is 0 Å². The first kappa shape index (κ1) is 18.3. The fourth-order valence-electron chi connectivity index (χ4n) is 2.34. The first-order valence-electron chi connectivity index (χ1n) is 8.16. The molecule has 3 nitrogen and oxygen atoms in total. The Kier molecular flexibility index (Phi) is 5.89. The zero-order chi connectivity index (χ0) is 17.7. The van der Waals surface area contributed by atoms with E-state index >= 15 is 0 Å². The van der Waals surface area contributed by atoms with Crippen molar-refractivity contribution in [2.75, 3.05) is 0 Å². The van der Waals surface area contributed by atoms with E-state index in [0.29, 0.717) is 10.8 Å². The van der Waals surface area contributed by atoms with Gasteiger partial charge < -0.3 is 10.1 Å². The first-order chi connectivity index (χ1) is 11.3. The van der Waals surface area contributed by atoms with Crippen LogP contribution in [0.4, 0.5) is 0 Å². The van der Waals surface area contributed by atoms with Gasteiger partial charge in [-0.2, -0.15) is 0 Å². The predicted molar refractivity (Wildman–Crippen MR) is 98.5 cm³/mol. The summed E-state index contributed by atoms with van der Waals surface area (Å²) in [4.78, 5) is 12.6. The zero-order valence-electron chi connectivity index (χ0n) is 14.6. The van der Waals surface area contributed by atoms with Gasteiger partial charge in [-0.25, -0.2) is 0 Å². The molecule has 2 rings (SSSR count). The van der Waals surface area contributed by atoms with Gasteiger partial charge in [0.05, 0.1) is 6.04 Å². The molecule has 24 heavy (non-hydrogen) atoms. The normalized spacial score (nSPS) is 12.5. The van der Waals surface area contributed by atoms with Crippen molar-refractivity contribution in [2.45, 2.75) is 45.8 Å². The molecule has 1 unspecified atom stereocenters. The van der Waals surface area contributed by atoms with Crippen LogP contribution in [0.15, 0.2) is 48.5 Å². The molecule has 0 heterocycles. The van der Waals surface area contributed by atoms with Crippen LogP contribution in [0.25, 0.3) is 0 Å². The molecular weight excluding hydrogens is 322 g/mol. The molecular formula is C20H24ClNO2. The summed E-state index contributed by atoms with van der Waals surface area (Å²) in [5.74, 6) is 0.448. The summed E-state index contributed by atoms with van der Waals surface area (Å²) in [6, 6.07) is 15.2. The summed E-state index contributed by atoms with van der Waals surface area (Å²) < 4.78 is 5.82. The highest BCUT2D eigenvalue weighted by atomic mass is 35.5. The summed E-state index contributed by atoms with van der Waals surface area (Å²) in [6.07, 6.45) is 1.00. The van der Waals surface area contributed by atoms with E-state index in [2.05, 4.69) is 36.5 Å². The maximum atomic E-state index is 12.6. The number of benzene rings is 2. The van der Waals surface area contributed by atoms with Gasteiger partial charge in [-0.1, -0.05) is 42.8 Å². The lowest BCUT2D eigenvalue weighted by atomic mass is 10.0. The number of halogens is 1. The Balaban J connectivity index is 2.01. The van der Waals surface area contributed by atoms with Gasteiger partial charge in [0.1, 0.15) is 5.75 Å². The van der Waals surface area contributed by atoms with Crippen molar-refractivity contribution in [3.8, 4) is 5.75 Å². The van der Waals surface area contributed by atoms with Crippen molar-refractivity contribution in [2.24, 2.45) is 0 Å². The minimum atomic E-state index is -0.981. The Morgan fingerprint density at radius 2 is 1.71 bits per heavy atom. The molecule has 1 atom stereocenters. The molecule has 0 aliphatic carbocycles. The Morgan fingerprint density at radius 1 is 1.12 bits per heavy atom. The van der Waals surface area contributed by atoms with Crippen LogP contribution in [-0.4, -0.2) is 11.5 Å². The molecule has 0 aliphatic rings. The minimum absolute atomic E-state index is 0.0866. The number of hydrogen-bond donors (Lipinski definition) is 1. The fourth-order valence-corrected chi connectivity index (χ4v) is 2.47. The number of rotatable bonds is 6. The number of nitrogens with one attached hydrogen (secondary N) is 1. The molecule has 2 aromatic carbocycles. The maximum absolute atomic E-state index is 12.6. The topological polar surface area (TPSA) is 38.3 Å². The summed E-state index contributed by atoms with van der Waals surface area (Å²) in [6.45, 7) is 7.60. The molecule has 1 amide bonds. The predicted octanol–water partition coefficient (Wildman–Crippen LogP) is 4.94. The third-order valence-electron chi connectivity index (χ3n) is 3.97. The van der Waals surface area contributed by atoms with E-state index in [9.17, 15) is 4.79 Å². The van der Waals surface area contributed by atoms with Gasteiger partial charge in [-0.05, 0) is 62.6 Å². The highest BCUT2D eigenvalue weighted by Crippen LogP contribution is 2.22. The lowest BCUT2D eigenvalue weighted by molar-refractivity contribution is -0.134. The van der Waals surface area contributed by atoms with E-state index < -0.39 is 5.60 Å². The van der Waals surface area contributed by atoms with E-state index in [1.54, 1.807) is 38.1 Å². The van der Waals surface area contributed by atoms with Crippen molar-refractivity contribution >= 4 is 17.5 Å². The Labute approximate surface area is 149 Å². The second kappa shape index (κ2) is 7.71. The number of amides is 1. The molecule has 0 spiro atoms. The number of hydrogen-bond acceptors (Lipinski definition) is 2. The average Bonchev–Trinajstić information content (AvgIpc) is 2.56. The van der Waals surface area contributed by atoms with E-state index in [-0.39, 0.29) is 11.9 Å². The number of carbonyl (C=O) groups excluding carboxylic acids is 1. The Hall–Kier alpha value is -2.00. The monoisotopic (exact) mass is 345 g/mol. The standard InChI is InChI=1S/C20H24ClNO2/c1-5-15-6-8-16(9-7-15)14(2)22-19(23)20(3,4)24-18-12-10-17(21)11-13-18/h6-14H,5H2,1-4H3,(H,22,23). The Morgan fingerprint density at radius 3 is 2.25 bits per heavy atom. The summed E-state index contributed by atoms with van der Waals surface area (Å²) in [5, 5.41) is 3.65. The van der Waals surface area contributed by atoms with Crippen LogP contribution in [0, 0.1) is 0 Å². The molecule has 0 saturated carbocycles. The molecule has 4 heteroatoms. The smallest absolute Gasteiger partial charge is 0.264 e. The number of aryl methyl sites for hydroxylation is 1. The first-order valence-corrected chi connectivity index (χ1v) is 8.54. The van der Waals surface area contributed by atoms with Crippen LogP contribution in [0.3, 0.4) is 0 Å². The Bertz CT molecular complexity index is 678. The van der Waals surface area contributed by atoms with Crippen LogP contribution in [0.2, 0.25) is 5.02 Å². The summed E-state index contributed by atoms with van der Waals surface area (Å²) in [5.41, 5.74) is 1.37. The highest BCUT2D eigenvalue weighted by molar-refractivity contribution is 6.30. The molecule has 2 aromatic rings. The van der Waals surface area contributed by atoms with Crippen molar-refractivity contribution in [1.82, 2.24) is 5.32 Å². The van der Waals surface area contributed by atoms with Gasteiger partial charge in [0.2, 0.25) is 0 Å². The van der Waals surface area contributed by atoms with Crippen molar-refractivity contribution < 1.29 is 9.53 Å². The third-order valence-corrected chi connectivity index (χ3v) is 4.22. The zero-order valence-corrected chi connectivity index (χ0v) is 15.4. The molecule has 1 N–H and O–H groups in total. The molecule has 0 radical (unpaired) electrons. The minimum Gasteiger partial charge on any atom is -0.478 e. The van der Waals surface area contributed by atoms with E-state index in [4.69, 9.17) is 16.3 Å².